The van der Waals surface area contributed by atoms with Gasteiger partial charge in [0.2, 0.25) is 10.0 Å². The van der Waals surface area contributed by atoms with Crippen LogP contribution in [0, 0.1) is 0 Å². The number of ether oxygens (including phenoxy) is 1. The summed E-state index contributed by atoms with van der Waals surface area (Å²) in [7, 11) is -3.84. The van der Waals surface area contributed by atoms with E-state index in [1.54, 1.807) is 6.92 Å². The topological polar surface area (TPSA) is 110 Å². The summed E-state index contributed by atoms with van der Waals surface area (Å²) < 4.78 is 43.0. The number of methoxy groups -OCH3 is 1. The molecule has 7 nitrogen and oxygen atoms in total. The highest BCUT2D eigenvalue weighted by Crippen LogP contribution is 2.24. The summed E-state index contributed by atoms with van der Waals surface area (Å²) in [6.45, 7) is 1.62. The van der Waals surface area contributed by atoms with Crippen LogP contribution in [0.3, 0.4) is 0 Å². The number of benzene rings is 1. The lowest BCUT2D eigenvalue weighted by molar-refractivity contribution is 0.0696. The van der Waals surface area contributed by atoms with Gasteiger partial charge >= 0.3 is 5.97 Å². The Morgan fingerprint density at radius 2 is 2.10 bits per heavy atom. The first-order valence-electron chi connectivity index (χ1n) is 5.92. The van der Waals surface area contributed by atoms with E-state index < -0.39 is 26.8 Å². The maximum absolute atomic E-state index is 12.2. The Balaban J connectivity index is 3.14. The van der Waals surface area contributed by atoms with E-state index in [1.807, 2.05) is 0 Å². The predicted octanol–water partition coefficient (Wildman–Crippen LogP) is 0.439. The quantitative estimate of drug-likeness (QED) is 0.748. The highest BCUT2D eigenvalue weighted by atomic mass is 32.2. The molecule has 0 aliphatic heterocycles. The fraction of sp³-hybridized carbons (Fsp3) is 0.417. The van der Waals surface area contributed by atoms with Gasteiger partial charge in [-0.2, -0.15) is 0 Å². The van der Waals surface area contributed by atoms with Gasteiger partial charge in [0.05, 0.1) is 12.7 Å². The fourth-order valence-corrected chi connectivity index (χ4v) is 3.19. The van der Waals surface area contributed by atoms with E-state index in [2.05, 4.69) is 4.72 Å². The fourth-order valence-electron chi connectivity index (χ4n) is 1.44. The first-order valence-corrected chi connectivity index (χ1v) is 9.02. The molecule has 0 radical (unpaired) electrons. The lowest BCUT2D eigenvalue weighted by Crippen LogP contribution is -2.33. The minimum Gasteiger partial charge on any atom is -0.495 e. The van der Waals surface area contributed by atoms with Gasteiger partial charge in [0.15, 0.2) is 0 Å². The summed E-state index contributed by atoms with van der Waals surface area (Å²) in [5, 5.41) is 8.57. The molecular formula is C12H17NO6S2. The molecule has 1 aromatic rings. The van der Waals surface area contributed by atoms with Crippen molar-refractivity contribution in [3.63, 3.8) is 0 Å². The van der Waals surface area contributed by atoms with Crippen LogP contribution in [-0.2, 0) is 20.8 Å². The van der Waals surface area contributed by atoms with Crippen molar-refractivity contribution >= 4 is 26.8 Å². The molecule has 21 heavy (non-hydrogen) atoms. The van der Waals surface area contributed by atoms with E-state index in [0.717, 1.165) is 6.07 Å². The second kappa shape index (κ2) is 7.01. The average molecular weight is 335 g/mol. The van der Waals surface area contributed by atoms with Gasteiger partial charge in [0.25, 0.3) is 0 Å². The number of carboxylic acid groups (broad SMARTS) is 1. The zero-order valence-corrected chi connectivity index (χ0v) is 13.5. The van der Waals surface area contributed by atoms with Crippen molar-refractivity contribution in [1.82, 2.24) is 4.72 Å². The first-order chi connectivity index (χ1) is 9.69. The number of nitrogens with one attached hydrogen (secondary N) is 1. The van der Waals surface area contributed by atoms with Gasteiger partial charge in [0.1, 0.15) is 10.6 Å². The molecular weight excluding hydrogens is 318 g/mol. The number of carbonyl (C=O) groups is 1. The van der Waals surface area contributed by atoms with Gasteiger partial charge in [-0.3, -0.25) is 4.21 Å². The molecule has 2 N–H and O–H groups in total. The number of carboxylic acids is 1. The zero-order valence-electron chi connectivity index (χ0n) is 11.8. The van der Waals surface area contributed by atoms with E-state index in [4.69, 9.17) is 9.84 Å². The van der Waals surface area contributed by atoms with Crippen molar-refractivity contribution in [1.29, 1.82) is 0 Å². The highest BCUT2D eigenvalue weighted by molar-refractivity contribution is 7.89. The molecule has 0 saturated carbocycles. The van der Waals surface area contributed by atoms with Gasteiger partial charge < -0.3 is 9.84 Å². The van der Waals surface area contributed by atoms with Gasteiger partial charge in [-0.1, -0.05) is 0 Å². The maximum Gasteiger partial charge on any atom is 0.335 e. The minimum atomic E-state index is -3.96. The summed E-state index contributed by atoms with van der Waals surface area (Å²) in [5.41, 5.74) is -0.164. The van der Waals surface area contributed by atoms with Crippen molar-refractivity contribution in [3.05, 3.63) is 23.8 Å². The van der Waals surface area contributed by atoms with Crippen LogP contribution in [0.2, 0.25) is 0 Å². The van der Waals surface area contributed by atoms with Crippen molar-refractivity contribution in [2.75, 3.05) is 19.9 Å². The smallest absolute Gasteiger partial charge is 0.335 e. The Bertz CT molecular complexity index is 656. The van der Waals surface area contributed by atoms with Gasteiger partial charge in [-0.25, -0.2) is 17.9 Å². The van der Waals surface area contributed by atoms with Crippen LogP contribution < -0.4 is 9.46 Å². The van der Waals surface area contributed by atoms with Crippen LogP contribution >= 0.6 is 0 Å². The van der Waals surface area contributed by atoms with Crippen molar-refractivity contribution < 1.29 is 27.3 Å². The molecule has 0 heterocycles. The lowest BCUT2D eigenvalue weighted by Gasteiger charge is -2.13. The average Bonchev–Trinajstić information content (AvgIpc) is 2.43. The number of sulfonamides is 1. The van der Waals surface area contributed by atoms with Crippen LogP contribution in [0.25, 0.3) is 0 Å². The van der Waals surface area contributed by atoms with E-state index in [9.17, 15) is 17.4 Å². The number of hydrogen-bond donors (Lipinski definition) is 2. The minimum absolute atomic E-state index is 0.0219. The number of hydrogen-bond acceptors (Lipinski definition) is 5. The van der Waals surface area contributed by atoms with Crippen LogP contribution in [0.5, 0.6) is 5.75 Å². The van der Waals surface area contributed by atoms with Crippen molar-refractivity contribution in [2.45, 2.75) is 17.1 Å². The molecule has 1 aromatic carbocycles. The predicted molar refractivity (Wildman–Crippen MR) is 78.7 cm³/mol. The SMILES string of the molecule is COc1ccc(C(=O)O)cc1S(=O)(=O)NCC(C)S(C)=O. The Labute approximate surface area is 125 Å². The van der Waals surface area contributed by atoms with E-state index in [1.165, 1.54) is 25.5 Å². The highest BCUT2D eigenvalue weighted by Gasteiger charge is 2.22. The number of rotatable bonds is 7. The van der Waals surface area contributed by atoms with E-state index >= 15 is 0 Å². The van der Waals surface area contributed by atoms with Gasteiger partial charge in [-0.05, 0) is 25.1 Å². The molecule has 0 fully saturated rings. The van der Waals surface area contributed by atoms with E-state index in [0.29, 0.717) is 0 Å². The molecule has 118 valence electrons. The molecule has 0 bridgehead atoms. The molecule has 0 aliphatic rings. The molecule has 0 spiro atoms. The second-order valence-electron chi connectivity index (χ2n) is 4.33. The maximum atomic E-state index is 12.2. The summed E-state index contributed by atoms with van der Waals surface area (Å²) >= 11 is 0. The molecule has 0 aromatic heterocycles. The molecule has 0 amide bonds. The largest absolute Gasteiger partial charge is 0.495 e. The summed E-state index contributed by atoms with van der Waals surface area (Å²) in [6.07, 6.45) is 1.48. The van der Waals surface area contributed by atoms with Crippen LogP contribution in [0.15, 0.2) is 23.1 Å². The molecule has 9 heteroatoms. The Morgan fingerprint density at radius 3 is 2.57 bits per heavy atom. The summed E-state index contributed by atoms with van der Waals surface area (Å²) in [6, 6.07) is 3.56. The van der Waals surface area contributed by atoms with E-state index in [-0.39, 0.29) is 28.0 Å². The monoisotopic (exact) mass is 335 g/mol. The molecule has 2 unspecified atom stereocenters. The Hall–Kier alpha value is -1.45. The Morgan fingerprint density at radius 1 is 1.48 bits per heavy atom. The van der Waals surface area contributed by atoms with Crippen molar-refractivity contribution in [3.8, 4) is 5.75 Å². The second-order valence-corrected chi connectivity index (χ2v) is 7.87. The third kappa shape index (κ3) is 4.51. The zero-order chi connectivity index (χ0) is 16.2. The summed E-state index contributed by atoms with van der Waals surface area (Å²) in [4.78, 5) is 10.7. The molecule has 0 aliphatic carbocycles. The molecule has 2 atom stereocenters. The third-order valence-electron chi connectivity index (χ3n) is 2.83. The van der Waals surface area contributed by atoms with Crippen LogP contribution in [-0.4, -0.2) is 48.9 Å². The lowest BCUT2D eigenvalue weighted by atomic mass is 10.2. The van der Waals surface area contributed by atoms with Crippen LogP contribution in [0.4, 0.5) is 0 Å². The third-order valence-corrected chi connectivity index (χ3v) is 5.57. The standard InChI is InChI=1S/C12H17NO6S2/c1-8(20(3)16)7-13-21(17,18)11-6-9(12(14)15)4-5-10(11)19-2/h4-6,8,13H,7H2,1-3H3,(H,14,15). The van der Waals surface area contributed by atoms with Crippen molar-refractivity contribution in [2.24, 2.45) is 0 Å². The normalized spacial score (nSPS) is 14.4. The summed E-state index contributed by atoms with van der Waals surface area (Å²) in [5.74, 6) is -1.20. The van der Waals surface area contributed by atoms with Gasteiger partial charge in [-0.15, -0.1) is 0 Å². The Kier molecular flexibility index (Phi) is 5.87. The number of aromatic carboxylic acids is 1. The first kappa shape index (κ1) is 17.6. The van der Waals surface area contributed by atoms with Crippen LogP contribution in [0.1, 0.15) is 17.3 Å². The molecule has 1 rings (SSSR count). The molecule has 0 saturated heterocycles. The van der Waals surface area contributed by atoms with Gasteiger partial charge in [0, 0.05) is 28.9 Å².